The highest BCUT2D eigenvalue weighted by Crippen LogP contribution is 2.23. The number of carbonyl (C=O) groups excluding carboxylic acids is 1. The maximum absolute atomic E-state index is 11.6. The Morgan fingerprint density at radius 2 is 2.32 bits per heavy atom. The lowest BCUT2D eigenvalue weighted by atomic mass is 10.1. The monoisotopic (exact) mass is 301 g/mol. The van der Waals surface area contributed by atoms with Crippen LogP contribution in [0.3, 0.4) is 0 Å². The molecule has 2 aromatic rings. The summed E-state index contributed by atoms with van der Waals surface area (Å²) in [5.41, 5.74) is 1.96. The van der Waals surface area contributed by atoms with E-state index in [0.29, 0.717) is 25.6 Å². The molecule has 0 saturated carbocycles. The normalized spacial score (nSPS) is 15.9. The van der Waals surface area contributed by atoms with Gasteiger partial charge in [0.05, 0.1) is 19.3 Å². The molecule has 0 spiro atoms. The van der Waals surface area contributed by atoms with E-state index >= 15 is 0 Å². The third-order valence-corrected chi connectivity index (χ3v) is 3.67. The van der Waals surface area contributed by atoms with Gasteiger partial charge in [-0.1, -0.05) is 12.1 Å². The number of aryl methyl sites for hydroxylation is 1. The van der Waals surface area contributed by atoms with E-state index in [1.807, 2.05) is 31.2 Å². The number of nitrogens with zero attached hydrogens (tertiary/aromatic N) is 2. The number of nitrogens with one attached hydrogen (secondary N) is 1. The van der Waals surface area contributed by atoms with Crippen LogP contribution in [0.1, 0.15) is 30.2 Å². The second kappa shape index (κ2) is 6.19. The van der Waals surface area contributed by atoms with Crippen molar-refractivity contribution in [3.05, 3.63) is 47.7 Å². The predicted octanol–water partition coefficient (Wildman–Crippen LogP) is 2.79. The molecular formula is C16H19N3O3. The van der Waals surface area contributed by atoms with Gasteiger partial charge in [-0.2, -0.15) is 0 Å². The van der Waals surface area contributed by atoms with Crippen LogP contribution in [0.5, 0.6) is 0 Å². The molecule has 1 fully saturated rings. The van der Waals surface area contributed by atoms with Crippen LogP contribution < -0.4 is 10.2 Å². The summed E-state index contributed by atoms with van der Waals surface area (Å²) < 4.78 is 10.4. The SMILES string of the molecule is Cc1cnc(CNC(C)c2cccc(N3CCOC3=O)c2)o1. The Kier molecular flexibility index (Phi) is 4.11. The average molecular weight is 301 g/mol. The molecule has 3 rings (SSSR count). The van der Waals surface area contributed by atoms with Gasteiger partial charge in [-0.25, -0.2) is 9.78 Å². The van der Waals surface area contributed by atoms with Gasteiger partial charge in [-0.3, -0.25) is 4.90 Å². The molecule has 22 heavy (non-hydrogen) atoms. The Labute approximate surface area is 129 Å². The third kappa shape index (κ3) is 3.12. The van der Waals surface area contributed by atoms with E-state index in [2.05, 4.69) is 17.2 Å². The molecule has 1 aromatic carbocycles. The van der Waals surface area contributed by atoms with Crippen LogP contribution in [0.25, 0.3) is 0 Å². The van der Waals surface area contributed by atoms with Crippen molar-refractivity contribution in [2.24, 2.45) is 0 Å². The lowest BCUT2D eigenvalue weighted by molar-refractivity contribution is 0.181. The van der Waals surface area contributed by atoms with Gasteiger partial charge in [0.2, 0.25) is 5.89 Å². The minimum atomic E-state index is -0.284. The molecule has 0 aliphatic carbocycles. The number of carbonyl (C=O) groups is 1. The summed E-state index contributed by atoms with van der Waals surface area (Å²) in [6, 6.07) is 8.02. The van der Waals surface area contributed by atoms with Gasteiger partial charge in [-0.15, -0.1) is 0 Å². The van der Waals surface area contributed by atoms with Crippen LogP contribution in [0, 0.1) is 6.92 Å². The van der Waals surface area contributed by atoms with Crippen LogP contribution in [-0.4, -0.2) is 24.2 Å². The topological polar surface area (TPSA) is 67.6 Å². The van der Waals surface area contributed by atoms with E-state index in [1.54, 1.807) is 11.1 Å². The Bertz CT molecular complexity index is 668. The molecular weight excluding hydrogens is 282 g/mol. The minimum Gasteiger partial charge on any atom is -0.447 e. The third-order valence-electron chi connectivity index (χ3n) is 3.67. The molecule has 6 heteroatoms. The maximum Gasteiger partial charge on any atom is 0.414 e. The van der Waals surface area contributed by atoms with Crippen LogP contribution in [0.15, 0.2) is 34.9 Å². The van der Waals surface area contributed by atoms with Gasteiger partial charge in [0.1, 0.15) is 12.4 Å². The predicted molar refractivity (Wildman–Crippen MR) is 81.6 cm³/mol. The van der Waals surface area contributed by atoms with Crippen molar-refractivity contribution in [1.82, 2.24) is 10.3 Å². The number of oxazole rings is 1. The van der Waals surface area contributed by atoms with Gasteiger partial charge < -0.3 is 14.5 Å². The molecule has 1 unspecified atom stereocenters. The number of hydrogen-bond donors (Lipinski definition) is 1. The van der Waals surface area contributed by atoms with Crippen LogP contribution >= 0.6 is 0 Å². The van der Waals surface area contributed by atoms with Crippen molar-refractivity contribution >= 4 is 11.8 Å². The van der Waals surface area contributed by atoms with Crippen molar-refractivity contribution in [2.45, 2.75) is 26.4 Å². The average Bonchev–Trinajstić information content (AvgIpc) is 3.13. The Balaban J connectivity index is 1.67. The molecule has 6 nitrogen and oxygen atoms in total. The first-order chi connectivity index (χ1) is 10.6. The first-order valence-corrected chi connectivity index (χ1v) is 7.32. The molecule has 0 radical (unpaired) electrons. The van der Waals surface area contributed by atoms with Gasteiger partial charge in [0, 0.05) is 11.7 Å². The van der Waals surface area contributed by atoms with E-state index in [0.717, 1.165) is 17.0 Å². The highest BCUT2D eigenvalue weighted by atomic mass is 16.6. The molecule has 1 aliphatic heterocycles. The number of hydrogen-bond acceptors (Lipinski definition) is 5. The van der Waals surface area contributed by atoms with Gasteiger partial charge >= 0.3 is 6.09 Å². The first kappa shape index (κ1) is 14.6. The number of anilines is 1. The summed E-state index contributed by atoms with van der Waals surface area (Å²) in [5.74, 6) is 1.47. The number of rotatable bonds is 5. The fraction of sp³-hybridized carbons (Fsp3) is 0.375. The van der Waals surface area contributed by atoms with Crippen LogP contribution in [0.2, 0.25) is 0 Å². The zero-order valence-corrected chi connectivity index (χ0v) is 12.7. The summed E-state index contributed by atoms with van der Waals surface area (Å²) in [6.07, 6.45) is 1.43. The van der Waals surface area contributed by atoms with E-state index < -0.39 is 0 Å². The molecule has 0 bridgehead atoms. The molecule has 1 aliphatic rings. The van der Waals surface area contributed by atoms with Crippen molar-refractivity contribution < 1.29 is 13.9 Å². The molecule has 1 atom stereocenters. The number of benzene rings is 1. The van der Waals surface area contributed by atoms with E-state index in [9.17, 15) is 4.79 Å². The second-order valence-corrected chi connectivity index (χ2v) is 5.33. The summed E-state index contributed by atoms with van der Waals surface area (Å²) in [5, 5.41) is 3.37. The zero-order chi connectivity index (χ0) is 15.5. The second-order valence-electron chi connectivity index (χ2n) is 5.33. The number of amides is 1. The standard InChI is InChI=1S/C16H19N3O3/c1-11-9-18-15(22-11)10-17-12(2)13-4-3-5-14(8-13)19-6-7-21-16(19)20/h3-5,8-9,12,17H,6-7,10H2,1-2H3. The van der Waals surface area contributed by atoms with Crippen molar-refractivity contribution in [2.75, 3.05) is 18.1 Å². The molecule has 1 N–H and O–H groups in total. The van der Waals surface area contributed by atoms with Crippen molar-refractivity contribution in [1.29, 1.82) is 0 Å². The van der Waals surface area contributed by atoms with E-state index in [4.69, 9.17) is 9.15 Å². The number of aromatic nitrogens is 1. The quantitative estimate of drug-likeness (QED) is 0.919. The Morgan fingerprint density at radius 3 is 3.00 bits per heavy atom. The summed E-state index contributed by atoms with van der Waals surface area (Å²) in [6.45, 7) is 5.54. The first-order valence-electron chi connectivity index (χ1n) is 7.32. The van der Waals surface area contributed by atoms with Crippen LogP contribution in [-0.2, 0) is 11.3 Å². The van der Waals surface area contributed by atoms with Gasteiger partial charge in [0.25, 0.3) is 0 Å². The number of cyclic esters (lactones) is 1. The Hall–Kier alpha value is -2.34. The maximum atomic E-state index is 11.6. The zero-order valence-electron chi connectivity index (χ0n) is 12.7. The van der Waals surface area contributed by atoms with Crippen molar-refractivity contribution in [3.8, 4) is 0 Å². The smallest absolute Gasteiger partial charge is 0.414 e. The van der Waals surface area contributed by atoms with Gasteiger partial charge in [0.15, 0.2) is 0 Å². The van der Waals surface area contributed by atoms with E-state index in [-0.39, 0.29) is 12.1 Å². The molecule has 1 saturated heterocycles. The fourth-order valence-corrected chi connectivity index (χ4v) is 2.43. The van der Waals surface area contributed by atoms with Crippen LogP contribution in [0.4, 0.5) is 10.5 Å². The Morgan fingerprint density at radius 1 is 1.45 bits per heavy atom. The highest BCUT2D eigenvalue weighted by Gasteiger charge is 2.23. The summed E-state index contributed by atoms with van der Waals surface area (Å²) in [4.78, 5) is 17.5. The summed E-state index contributed by atoms with van der Waals surface area (Å²) >= 11 is 0. The molecule has 1 aromatic heterocycles. The fourth-order valence-electron chi connectivity index (χ4n) is 2.43. The molecule has 1 amide bonds. The number of ether oxygens (including phenoxy) is 1. The molecule has 116 valence electrons. The lowest BCUT2D eigenvalue weighted by Crippen LogP contribution is -2.24. The van der Waals surface area contributed by atoms with Crippen molar-refractivity contribution in [3.63, 3.8) is 0 Å². The molecule has 2 heterocycles. The summed E-state index contributed by atoms with van der Waals surface area (Å²) in [7, 11) is 0. The largest absolute Gasteiger partial charge is 0.447 e. The highest BCUT2D eigenvalue weighted by molar-refractivity contribution is 5.89. The van der Waals surface area contributed by atoms with Gasteiger partial charge in [-0.05, 0) is 31.5 Å². The minimum absolute atomic E-state index is 0.116. The lowest BCUT2D eigenvalue weighted by Gasteiger charge is -2.17. The van der Waals surface area contributed by atoms with E-state index in [1.165, 1.54) is 0 Å².